The third kappa shape index (κ3) is 3.21. The van der Waals surface area contributed by atoms with E-state index in [2.05, 4.69) is 9.72 Å². The number of rotatable bonds is 4. The van der Waals surface area contributed by atoms with Crippen molar-refractivity contribution in [3.63, 3.8) is 0 Å². The molecule has 1 aromatic heterocycles. The van der Waals surface area contributed by atoms with Gasteiger partial charge in [-0.2, -0.15) is 0 Å². The van der Waals surface area contributed by atoms with Gasteiger partial charge in [-0.15, -0.1) is 13.2 Å². The summed E-state index contributed by atoms with van der Waals surface area (Å²) in [5.41, 5.74) is 5.28. The number of hydrogen-bond acceptors (Lipinski definition) is 5. The number of nitrogens with two attached hydrogens (primary N) is 1. The van der Waals surface area contributed by atoms with E-state index in [0.29, 0.717) is 0 Å². The van der Waals surface area contributed by atoms with Crippen LogP contribution < -0.4 is 15.2 Å². The topological polar surface area (TPSA) is 77.6 Å². The summed E-state index contributed by atoms with van der Waals surface area (Å²) in [6.07, 6.45) is -3.83. The fourth-order valence-corrected chi connectivity index (χ4v) is 1.26. The molecule has 1 heterocycles. The molecule has 0 aromatic carbocycles. The number of methoxy groups -OCH3 is 1. The van der Waals surface area contributed by atoms with E-state index in [1.807, 2.05) is 0 Å². The SMILES string of the molecule is COc1cnc(CN)c(CO)c1OC(F)(F)F. The molecule has 0 saturated carbocycles. The van der Waals surface area contributed by atoms with Crippen LogP contribution in [0.15, 0.2) is 6.20 Å². The second-order valence-electron chi connectivity index (χ2n) is 2.99. The standard InChI is InChI=1S/C9H11F3N2O3/c1-16-7-3-14-6(2-13)5(4-15)8(7)17-9(10,11)12/h3,15H,2,4,13H2,1H3. The van der Waals surface area contributed by atoms with E-state index >= 15 is 0 Å². The average molecular weight is 252 g/mol. The van der Waals surface area contributed by atoms with Crippen LogP contribution in [0.1, 0.15) is 11.3 Å². The van der Waals surface area contributed by atoms with E-state index in [0.717, 1.165) is 6.20 Å². The minimum absolute atomic E-state index is 0.117. The van der Waals surface area contributed by atoms with Gasteiger partial charge in [0.1, 0.15) is 0 Å². The van der Waals surface area contributed by atoms with Gasteiger partial charge in [-0.05, 0) is 0 Å². The van der Waals surface area contributed by atoms with E-state index < -0.39 is 18.7 Å². The highest BCUT2D eigenvalue weighted by molar-refractivity contribution is 5.47. The van der Waals surface area contributed by atoms with Crippen LogP contribution in [0, 0.1) is 0 Å². The van der Waals surface area contributed by atoms with Gasteiger partial charge >= 0.3 is 6.36 Å². The lowest BCUT2D eigenvalue weighted by molar-refractivity contribution is -0.275. The van der Waals surface area contributed by atoms with E-state index in [1.54, 1.807) is 0 Å². The van der Waals surface area contributed by atoms with Gasteiger partial charge in [0.2, 0.25) is 0 Å². The summed E-state index contributed by atoms with van der Waals surface area (Å²) in [4.78, 5) is 3.77. The van der Waals surface area contributed by atoms with Crippen molar-refractivity contribution < 1.29 is 27.8 Å². The minimum Gasteiger partial charge on any atom is -0.491 e. The summed E-state index contributed by atoms with van der Waals surface area (Å²) in [7, 11) is 1.17. The van der Waals surface area contributed by atoms with Crippen molar-refractivity contribution in [2.75, 3.05) is 7.11 Å². The van der Waals surface area contributed by atoms with Crippen LogP contribution in [-0.2, 0) is 13.2 Å². The molecule has 3 N–H and O–H groups in total. The molecule has 0 bridgehead atoms. The van der Waals surface area contributed by atoms with E-state index in [9.17, 15) is 13.2 Å². The number of hydrogen-bond donors (Lipinski definition) is 2. The largest absolute Gasteiger partial charge is 0.573 e. The molecule has 0 atom stereocenters. The average Bonchev–Trinajstić information content (AvgIpc) is 2.26. The molecule has 0 aliphatic carbocycles. The lowest BCUT2D eigenvalue weighted by Crippen LogP contribution is -2.20. The van der Waals surface area contributed by atoms with Gasteiger partial charge in [0.15, 0.2) is 11.5 Å². The van der Waals surface area contributed by atoms with E-state index in [-0.39, 0.29) is 23.6 Å². The van der Waals surface area contributed by atoms with Crippen molar-refractivity contribution in [2.24, 2.45) is 5.73 Å². The summed E-state index contributed by atoms with van der Waals surface area (Å²) in [5.74, 6) is -0.832. The van der Waals surface area contributed by atoms with Crippen LogP contribution in [0.5, 0.6) is 11.5 Å². The third-order valence-corrected chi connectivity index (χ3v) is 1.97. The first-order valence-electron chi connectivity index (χ1n) is 4.54. The monoisotopic (exact) mass is 252 g/mol. The zero-order chi connectivity index (χ0) is 13.1. The normalized spacial score (nSPS) is 11.4. The molecule has 1 aromatic rings. The Hall–Kier alpha value is -1.54. The molecule has 0 fully saturated rings. The Morgan fingerprint density at radius 1 is 1.47 bits per heavy atom. The van der Waals surface area contributed by atoms with Gasteiger partial charge in [0.25, 0.3) is 0 Å². The quantitative estimate of drug-likeness (QED) is 0.833. The number of alkyl halides is 3. The molecule has 5 nitrogen and oxygen atoms in total. The van der Waals surface area contributed by atoms with E-state index in [1.165, 1.54) is 7.11 Å². The van der Waals surface area contributed by atoms with E-state index in [4.69, 9.17) is 15.6 Å². The smallest absolute Gasteiger partial charge is 0.491 e. The first-order chi connectivity index (χ1) is 7.92. The van der Waals surface area contributed by atoms with Crippen LogP contribution in [-0.4, -0.2) is 23.6 Å². The molecule has 0 spiro atoms. The molecule has 0 aliphatic rings. The Balaban J connectivity index is 3.30. The van der Waals surface area contributed by atoms with Gasteiger partial charge in [0.05, 0.1) is 25.6 Å². The number of aromatic nitrogens is 1. The first kappa shape index (κ1) is 13.5. The fourth-order valence-electron chi connectivity index (χ4n) is 1.26. The number of halogens is 3. The summed E-state index contributed by atoms with van der Waals surface area (Å²) < 4.78 is 45.1. The Kier molecular flexibility index (Phi) is 4.13. The van der Waals surface area contributed by atoms with Crippen LogP contribution in [0.25, 0.3) is 0 Å². The molecular formula is C9H11F3N2O3. The molecule has 17 heavy (non-hydrogen) atoms. The lowest BCUT2D eigenvalue weighted by Gasteiger charge is -2.16. The molecule has 0 radical (unpaired) electrons. The summed E-state index contributed by atoms with van der Waals surface area (Å²) in [6.45, 7) is -0.795. The fraction of sp³-hybridized carbons (Fsp3) is 0.444. The number of aliphatic hydroxyl groups excluding tert-OH is 1. The Labute approximate surface area is 95.0 Å². The Morgan fingerprint density at radius 2 is 2.12 bits per heavy atom. The molecule has 0 unspecified atom stereocenters. The number of pyridine rings is 1. The highest BCUT2D eigenvalue weighted by atomic mass is 19.4. The van der Waals surface area contributed by atoms with Gasteiger partial charge in [-0.3, -0.25) is 4.98 Å². The van der Waals surface area contributed by atoms with Crippen molar-refractivity contribution in [3.8, 4) is 11.5 Å². The van der Waals surface area contributed by atoms with Crippen LogP contribution in [0.3, 0.4) is 0 Å². The van der Waals surface area contributed by atoms with Gasteiger partial charge in [-0.1, -0.05) is 0 Å². The number of ether oxygens (including phenoxy) is 2. The van der Waals surface area contributed by atoms with Gasteiger partial charge < -0.3 is 20.3 Å². The maximum atomic E-state index is 12.2. The van der Waals surface area contributed by atoms with Crippen LogP contribution in [0.2, 0.25) is 0 Å². The predicted octanol–water partition coefficient (Wildman–Crippen LogP) is 0.940. The molecule has 0 saturated heterocycles. The van der Waals surface area contributed by atoms with Crippen molar-refractivity contribution in [3.05, 3.63) is 17.5 Å². The zero-order valence-electron chi connectivity index (χ0n) is 8.91. The molecule has 8 heteroatoms. The third-order valence-electron chi connectivity index (χ3n) is 1.97. The van der Waals surface area contributed by atoms with Crippen molar-refractivity contribution in [1.29, 1.82) is 0 Å². The molecule has 96 valence electrons. The van der Waals surface area contributed by atoms with Gasteiger partial charge in [0, 0.05) is 12.1 Å². The number of nitrogens with zero attached hydrogens (tertiary/aromatic N) is 1. The van der Waals surface area contributed by atoms with Crippen molar-refractivity contribution in [1.82, 2.24) is 4.98 Å². The van der Waals surface area contributed by atoms with Crippen molar-refractivity contribution >= 4 is 0 Å². The van der Waals surface area contributed by atoms with Gasteiger partial charge in [-0.25, -0.2) is 0 Å². The summed E-state index contributed by atoms with van der Waals surface area (Å²) >= 11 is 0. The molecule has 1 rings (SSSR count). The highest BCUT2D eigenvalue weighted by Crippen LogP contribution is 2.36. The Bertz CT molecular complexity index is 396. The predicted molar refractivity (Wildman–Crippen MR) is 51.3 cm³/mol. The number of aliphatic hydroxyl groups is 1. The zero-order valence-corrected chi connectivity index (χ0v) is 8.91. The minimum atomic E-state index is -4.88. The van der Waals surface area contributed by atoms with Crippen molar-refractivity contribution in [2.45, 2.75) is 19.5 Å². The maximum absolute atomic E-state index is 12.2. The summed E-state index contributed by atoms with van der Waals surface area (Å²) in [5, 5.41) is 9.05. The molecular weight excluding hydrogens is 241 g/mol. The van der Waals surface area contributed by atoms with Crippen LogP contribution >= 0.6 is 0 Å². The van der Waals surface area contributed by atoms with Crippen LogP contribution in [0.4, 0.5) is 13.2 Å². The molecule has 0 aliphatic heterocycles. The first-order valence-corrected chi connectivity index (χ1v) is 4.54. The second kappa shape index (κ2) is 5.19. The molecule has 0 amide bonds. The maximum Gasteiger partial charge on any atom is 0.573 e. The second-order valence-corrected chi connectivity index (χ2v) is 2.99. The highest BCUT2D eigenvalue weighted by Gasteiger charge is 2.34. The Morgan fingerprint density at radius 3 is 2.53 bits per heavy atom. The lowest BCUT2D eigenvalue weighted by atomic mass is 10.1. The summed E-state index contributed by atoms with van der Waals surface area (Å²) in [6, 6.07) is 0.